The summed E-state index contributed by atoms with van der Waals surface area (Å²) in [6.45, 7) is 2.96. The minimum absolute atomic E-state index is 0.243. The second-order valence-corrected chi connectivity index (χ2v) is 6.74. The number of rotatable bonds is 6. The van der Waals surface area contributed by atoms with Crippen LogP contribution >= 0.6 is 22.7 Å². The number of hydrogen-bond acceptors (Lipinski definition) is 7. The lowest BCUT2D eigenvalue weighted by atomic mass is 10.1. The van der Waals surface area contributed by atoms with Crippen molar-refractivity contribution in [2.45, 2.75) is 12.8 Å². The average molecular weight is 345 g/mol. The normalized spacial score (nSPS) is 11.9. The van der Waals surface area contributed by atoms with Crippen LogP contribution in [0.15, 0.2) is 41.4 Å². The second kappa shape index (κ2) is 7.30. The Kier molecular flexibility index (Phi) is 4.94. The van der Waals surface area contributed by atoms with E-state index in [1.54, 1.807) is 35.2 Å². The fraction of sp³-hybridized carbons (Fsp3) is 0.200. The summed E-state index contributed by atoms with van der Waals surface area (Å²) in [6.07, 6.45) is 1.55. The van der Waals surface area contributed by atoms with E-state index in [2.05, 4.69) is 50.3 Å². The van der Waals surface area contributed by atoms with Crippen LogP contribution in [0.2, 0.25) is 0 Å². The molecule has 0 aromatic carbocycles. The summed E-state index contributed by atoms with van der Waals surface area (Å²) in [7, 11) is 0. The number of anilines is 2. The molecule has 3 heterocycles. The molecule has 3 rings (SSSR count). The predicted octanol–water partition coefficient (Wildman–Crippen LogP) is 3.46. The van der Waals surface area contributed by atoms with Gasteiger partial charge in [0, 0.05) is 23.5 Å². The van der Waals surface area contributed by atoms with E-state index in [-0.39, 0.29) is 5.91 Å². The Bertz CT molecular complexity index is 741. The lowest BCUT2D eigenvalue weighted by molar-refractivity contribution is 0.102. The van der Waals surface area contributed by atoms with Crippen molar-refractivity contribution in [3.05, 3.63) is 51.8 Å². The summed E-state index contributed by atoms with van der Waals surface area (Å²) in [5.41, 5.74) is 2.05. The van der Waals surface area contributed by atoms with Gasteiger partial charge in [0.05, 0.1) is 5.56 Å². The van der Waals surface area contributed by atoms with Gasteiger partial charge in [-0.1, -0.05) is 24.3 Å². The van der Waals surface area contributed by atoms with Crippen LogP contribution in [0.4, 0.5) is 10.9 Å². The van der Waals surface area contributed by atoms with Gasteiger partial charge < -0.3 is 5.32 Å². The van der Waals surface area contributed by atoms with Gasteiger partial charge in [-0.15, -0.1) is 21.5 Å². The van der Waals surface area contributed by atoms with Gasteiger partial charge in [0.2, 0.25) is 5.13 Å². The molecule has 0 saturated heterocycles. The minimum Gasteiger partial charge on any atom is -0.369 e. The van der Waals surface area contributed by atoms with Crippen molar-refractivity contribution < 1.29 is 4.79 Å². The Hall–Kier alpha value is -2.32. The van der Waals surface area contributed by atoms with Crippen LogP contribution in [-0.4, -0.2) is 27.6 Å². The molecule has 0 saturated carbocycles. The van der Waals surface area contributed by atoms with Crippen LogP contribution in [0, 0.1) is 0 Å². The molecule has 1 amide bonds. The smallest absolute Gasteiger partial charge is 0.259 e. The Morgan fingerprint density at radius 2 is 2.22 bits per heavy atom. The van der Waals surface area contributed by atoms with Crippen LogP contribution in [0.1, 0.15) is 28.1 Å². The van der Waals surface area contributed by atoms with E-state index in [4.69, 9.17) is 0 Å². The zero-order valence-corrected chi connectivity index (χ0v) is 14.0. The monoisotopic (exact) mass is 345 g/mol. The predicted molar refractivity (Wildman–Crippen MR) is 93.3 cm³/mol. The highest BCUT2D eigenvalue weighted by Crippen LogP contribution is 2.21. The van der Waals surface area contributed by atoms with Crippen LogP contribution < -0.4 is 10.6 Å². The molecule has 0 unspecified atom stereocenters. The first-order valence-electron chi connectivity index (χ1n) is 7.03. The van der Waals surface area contributed by atoms with Crippen molar-refractivity contribution in [2.75, 3.05) is 17.2 Å². The molecule has 6 nitrogen and oxygen atoms in total. The van der Waals surface area contributed by atoms with Crippen molar-refractivity contribution in [3.63, 3.8) is 0 Å². The zero-order valence-electron chi connectivity index (χ0n) is 12.4. The van der Waals surface area contributed by atoms with Gasteiger partial charge in [-0.2, -0.15) is 0 Å². The number of nitrogens with one attached hydrogen (secondary N) is 2. The van der Waals surface area contributed by atoms with Crippen molar-refractivity contribution >= 4 is 39.5 Å². The first kappa shape index (κ1) is 15.6. The minimum atomic E-state index is -0.243. The molecule has 3 aromatic heterocycles. The standard InChI is InChI=1S/C15H15N5OS2/c1-10(12-3-2-6-22-12)7-16-13-5-4-11(8-17-13)14(21)19-15-20-18-9-23-15/h2-6,8-10H,7H2,1H3,(H,16,17)(H,19,20,21)/t10-/m0/s1. The fourth-order valence-corrected chi connectivity index (χ4v) is 3.19. The quantitative estimate of drug-likeness (QED) is 0.715. The number of amides is 1. The highest BCUT2D eigenvalue weighted by Gasteiger charge is 2.10. The summed E-state index contributed by atoms with van der Waals surface area (Å²) in [6, 6.07) is 7.73. The maximum Gasteiger partial charge on any atom is 0.259 e. The van der Waals surface area contributed by atoms with E-state index in [0.29, 0.717) is 16.6 Å². The first-order chi connectivity index (χ1) is 11.2. The third kappa shape index (κ3) is 4.11. The molecule has 118 valence electrons. The van der Waals surface area contributed by atoms with E-state index >= 15 is 0 Å². The zero-order chi connectivity index (χ0) is 16.1. The largest absolute Gasteiger partial charge is 0.369 e. The third-order valence-corrected chi connectivity index (χ3v) is 4.93. The maximum absolute atomic E-state index is 12.0. The molecule has 0 spiro atoms. The molecule has 2 N–H and O–H groups in total. The number of aromatic nitrogens is 3. The van der Waals surface area contributed by atoms with E-state index in [1.165, 1.54) is 16.2 Å². The number of pyridine rings is 1. The number of thiophene rings is 1. The van der Waals surface area contributed by atoms with Crippen LogP contribution in [0.5, 0.6) is 0 Å². The summed E-state index contributed by atoms with van der Waals surface area (Å²) < 4.78 is 0. The average Bonchev–Trinajstić information content (AvgIpc) is 3.26. The molecule has 0 aliphatic carbocycles. The molecular formula is C15H15N5OS2. The molecule has 0 bridgehead atoms. The van der Waals surface area contributed by atoms with E-state index in [9.17, 15) is 4.79 Å². The number of nitrogens with zero attached hydrogens (tertiary/aromatic N) is 3. The molecule has 0 aliphatic rings. The molecule has 23 heavy (non-hydrogen) atoms. The molecular weight excluding hydrogens is 330 g/mol. The molecule has 0 fully saturated rings. The van der Waals surface area contributed by atoms with Gasteiger partial charge in [0.15, 0.2) is 0 Å². The molecule has 3 aromatic rings. The van der Waals surface area contributed by atoms with Crippen molar-refractivity contribution in [1.82, 2.24) is 15.2 Å². The number of carbonyl (C=O) groups excluding carboxylic acids is 1. The molecule has 0 radical (unpaired) electrons. The summed E-state index contributed by atoms with van der Waals surface area (Å²) in [5.74, 6) is 0.922. The lowest BCUT2D eigenvalue weighted by Gasteiger charge is -2.11. The van der Waals surface area contributed by atoms with Crippen LogP contribution in [0.25, 0.3) is 0 Å². The van der Waals surface area contributed by atoms with Crippen molar-refractivity contribution in [1.29, 1.82) is 0 Å². The van der Waals surface area contributed by atoms with Crippen LogP contribution in [-0.2, 0) is 0 Å². The van der Waals surface area contributed by atoms with Gasteiger partial charge in [-0.25, -0.2) is 4.98 Å². The lowest BCUT2D eigenvalue weighted by Crippen LogP contribution is -2.13. The van der Waals surface area contributed by atoms with Crippen molar-refractivity contribution in [2.24, 2.45) is 0 Å². The highest BCUT2D eigenvalue weighted by molar-refractivity contribution is 7.13. The van der Waals surface area contributed by atoms with E-state index in [1.807, 2.05) is 0 Å². The summed E-state index contributed by atoms with van der Waals surface area (Å²) in [4.78, 5) is 17.6. The number of hydrogen-bond donors (Lipinski definition) is 2. The van der Waals surface area contributed by atoms with Crippen molar-refractivity contribution in [3.8, 4) is 0 Å². The van der Waals surface area contributed by atoms with Gasteiger partial charge in [0.25, 0.3) is 5.91 Å². The van der Waals surface area contributed by atoms with E-state index in [0.717, 1.165) is 12.4 Å². The van der Waals surface area contributed by atoms with Gasteiger partial charge >= 0.3 is 0 Å². The Morgan fingerprint density at radius 1 is 1.30 bits per heavy atom. The molecule has 0 aliphatic heterocycles. The Labute approximate surface area is 141 Å². The Balaban J connectivity index is 1.55. The molecule has 1 atom stereocenters. The second-order valence-electron chi connectivity index (χ2n) is 4.93. The van der Waals surface area contributed by atoms with E-state index < -0.39 is 0 Å². The summed E-state index contributed by atoms with van der Waals surface area (Å²) in [5, 5.41) is 16.0. The van der Waals surface area contributed by atoms with Gasteiger partial charge in [-0.05, 0) is 23.6 Å². The summed E-state index contributed by atoms with van der Waals surface area (Å²) >= 11 is 3.02. The van der Waals surface area contributed by atoms with Gasteiger partial charge in [0.1, 0.15) is 11.3 Å². The fourth-order valence-electron chi connectivity index (χ4n) is 1.96. The topological polar surface area (TPSA) is 79.8 Å². The third-order valence-electron chi connectivity index (χ3n) is 3.22. The highest BCUT2D eigenvalue weighted by atomic mass is 32.1. The molecule has 8 heteroatoms. The number of carbonyl (C=O) groups is 1. The van der Waals surface area contributed by atoms with Crippen LogP contribution in [0.3, 0.4) is 0 Å². The maximum atomic E-state index is 12.0. The Morgan fingerprint density at radius 3 is 2.87 bits per heavy atom. The first-order valence-corrected chi connectivity index (χ1v) is 8.79. The SMILES string of the molecule is C[C@@H](CNc1ccc(C(=O)Nc2nncs2)cn1)c1cccs1. The van der Waals surface area contributed by atoms with Gasteiger partial charge in [-0.3, -0.25) is 10.1 Å².